The Bertz CT molecular complexity index is 1580. The van der Waals surface area contributed by atoms with Crippen LogP contribution >= 0.6 is 0 Å². The van der Waals surface area contributed by atoms with Crippen LogP contribution in [0.5, 0.6) is 17.2 Å². The Morgan fingerprint density at radius 2 is 1.85 bits per heavy atom. The van der Waals surface area contributed by atoms with Gasteiger partial charge < -0.3 is 48.8 Å². The fraction of sp³-hybridized carbons (Fsp3) is 0.576. The molecule has 2 aliphatic carbocycles. The number of hydrogen-bond acceptors (Lipinski definition) is 13. The van der Waals surface area contributed by atoms with Crippen molar-refractivity contribution in [3.63, 3.8) is 0 Å². The summed E-state index contributed by atoms with van der Waals surface area (Å²) in [5, 5.41) is 44.5. The Kier molecular flexibility index (Phi) is 7.88. The van der Waals surface area contributed by atoms with Crippen molar-refractivity contribution in [2.75, 3.05) is 34.0 Å². The van der Waals surface area contributed by atoms with Crippen LogP contribution in [0, 0.1) is 5.41 Å². The molecule has 6 unspecified atom stereocenters. The Morgan fingerprint density at radius 1 is 1.09 bits per heavy atom. The number of carbonyl (C=O) groups excluding carboxylic acids is 2. The van der Waals surface area contributed by atoms with E-state index in [0.717, 1.165) is 0 Å². The van der Waals surface area contributed by atoms with E-state index in [2.05, 4.69) is 4.90 Å². The summed E-state index contributed by atoms with van der Waals surface area (Å²) in [5.41, 5.74) is -1.33. The summed E-state index contributed by atoms with van der Waals surface area (Å²) < 4.78 is 35.8. The molecule has 0 radical (unpaired) electrons. The molecule has 3 heterocycles. The third-order valence-corrected chi connectivity index (χ3v) is 10.4. The van der Waals surface area contributed by atoms with Crippen molar-refractivity contribution in [2.24, 2.45) is 5.41 Å². The molecular weight excluding hydrogens is 602 g/mol. The molecule has 13 heteroatoms. The van der Waals surface area contributed by atoms with Crippen molar-refractivity contribution >= 4 is 11.6 Å². The molecule has 248 valence electrons. The summed E-state index contributed by atoms with van der Waals surface area (Å²) in [7, 11) is 2.95. The van der Waals surface area contributed by atoms with Gasteiger partial charge in [-0.1, -0.05) is 19.1 Å². The number of benzene rings is 2. The van der Waals surface area contributed by atoms with Crippen LogP contribution in [0.1, 0.15) is 75.8 Å². The van der Waals surface area contributed by atoms with Gasteiger partial charge in [0.15, 0.2) is 24.6 Å². The van der Waals surface area contributed by atoms with Crippen LogP contribution in [0.4, 0.5) is 0 Å². The van der Waals surface area contributed by atoms with Gasteiger partial charge in [0, 0.05) is 48.2 Å². The largest absolute Gasteiger partial charge is 0.507 e. The number of fused-ring (bicyclic) bond motifs is 6. The summed E-state index contributed by atoms with van der Waals surface area (Å²) in [4.78, 5) is 29.9. The molecule has 3 fully saturated rings. The lowest BCUT2D eigenvalue weighted by Crippen LogP contribution is -2.55. The van der Waals surface area contributed by atoms with E-state index in [0.29, 0.717) is 19.6 Å². The van der Waals surface area contributed by atoms with Crippen molar-refractivity contribution in [3.05, 3.63) is 51.6 Å². The van der Waals surface area contributed by atoms with Crippen LogP contribution in [0.3, 0.4) is 0 Å². The van der Waals surface area contributed by atoms with E-state index < -0.39 is 72.2 Å². The Labute approximate surface area is 265 Å². The first-order valence-electron chi connectivity index (χ1n) is 15.5. The van der Waals surface area contributed by atoms with Crippen LogP contribution in [0.15, 0.2) is 18.2 Å². The van der Waals surface area contributed by atoms with Crippen molar-refractivity contribution in [1.29, 1.82) is 0 Å². The minimum absolute atomic E-state index is 0.00262. The molecule has 9 atom stereocenters. The molecule has 0 saturated carbocycles. The maximum absolute atomic E-state index is 13.9. The number of methoxy groups -OCH3 is 2. The second-order valence-corrected chi connectivity index (χ2v) is 13.0. The molecule has 0 aromatic heterocycles. The molecule has 5 aliphatic rings. The zero-order valence-corrected chi connectivity index (χ0v) is 26.1. The van der Waals surface area contributed by atoms with Crippen LogP contribution < -0.4 is 4.74 Å². The van der Waals surface area contributed by atoms with E-state index in [1.807, 2.05) is 6.92 Å². The normalized spacial score (nSPS) is 34.3. The molecular formula is C33H39NO12. The van der Waals surface area contributed by atoms with Crippen molar-refractivity contribution < 1.29 is 58.4 Å². The molecule has 0 bridgehead atoms. The number of rotatable bonds is 6. The van der Waals surface area contributed by atoms with E-state index in [1.54, 1.807) is 26.2 Å². The number of nitrogens with zero attached hydrogens (tertiary/aromatic N) is 1. The van der Waals surface area contributed by atoms with Gasteiger partial charge in [-0.25, -0.2) is 0 Å². The molecule has 0 spiro atoms. The third kappa shape index (κ3) is 4.60. The summed E-state index contributed by atoms with van der Waals surface area (Å²) >= 11 is 0. The number of phenolic OH excluding ortho intramolecular Hbond substituents is 2. The van der Waals surface area contributed by atoms with E-state index in [4.69, 9.17) is 28.4 Å². The molecule has 0 amide bonds. The van der Waals surface area contributed by atoms with Crippen molar-refractivity contribution in [1.82, 2.24) is 4.90 Å². The Morgan fingerprint density at radius 3 is 2.57 bits per heavy atom. The highest BCUT2D eigenvalue weighted by Gasteiger charge is 2.55. The number of phenols is 2. The SMILES string of the molecule is COc1cccc2c1C(=O)c1c(O)c3c(c(O)c1C2=O)CC(C)([C@@H](O)CO)CC3O[C@H]1CC2C(O[C@@H]3C(OC)OCCN23)C(C)O1. The summed E-state index contributed by atoms with van der Waals surface area (Å²) in [6.07, 6.45) is -4.12. The number of morpholine rings is 1. The number of carbonyl (C=O) groups is 2. The van der Waals surface area contributed by atoms with Gasteiger partial charge >= 0.3 is 0 Å². The lowest BCUT2D eigenvalue weighted by Gasteiger charge is -2.45. The Hall–Kier alpha value is -3.14. The van der Waals surface area contributed by atoms with E-state index in [1.165, 1.54) is 13.2 Å². The predicted octanol–water partition coefficient (Wildman–Crippen LogP) is 1.78. The second kappa shape index (κ2) is 11.5. The highest BCUT2D eigenvalue weighted by atomic mass is 16.7. The van der Waals surface area contributed by atoms with Crippen LogP contribution in [0.25, 0.3) is 0 Å². The molecule has 2 aromatic rings. The maximum atomic E-state index is 13.9. The van der Waals surface area contributed by atoms with Crippen LogP contribution in [0.2, 0.25) is 0 Å². The zero-order chi connectivity index (χ0) is 32.7. The number of aromatic hydroxyl groups is 2. The number of aliphatic hydroxyl groups excluding tert-OH is 2. The predicted molar refractivity (Wildman–Crippen MR) is 158 cm³/mol. The lowest BCUT2D eigenvalue weighted by atomic mass is 9.66. The first-order valence-corrected chi connectivity index (χ1v) is 15.5. The van der Waals surface area contributed by atoms with E-state index in [-0.39, 0.29) is 64.1 Å². The molecule has 2 aromatic carbocycles. The average molecular weight is 642 g/mol. The van der Waals surface area contributed by atoms with Gasteiger partial charge in [-0.15, -0.1) is 0 Å². The summed E-state index contributed by atoms with van der Waals surface area (Å²) in [6, 6.07) is 4.50. The number of aliphatic hydroxyl groups is 2. The average Bonchev–Trinajstić information content (AvgIpc) is 3.43. The van der Waals surface area contributed by atoms with E-state index in [9.17, 15) is 30.0 Å². The fourth-order valence-electron chi connectivity index (χ4n) is 8.03. The number of ether oxygens (including phenoxy) is 6. The number of ketones is 2. The van der Waals surface area contributed by atoms with Gasteiger partial charge in [0.1, 0.15) is 23.4 Å². The van der Waals surface area contributed by atoms with Gasteiger partial charge in [-0.05, 0) is 25.8 Å². The second-order valence-electron chi connectivity index (χ2n) is 13.0. The summed E-state index contributed by atoms with van der Waals surface area (Å²) in [5.74, 6) is -2.09. The minimum atomic E-state index is -1.22. The van der Waals surface area contributed by atoms with Crippen LogP contribution in [-0.2, 0) is 30.1 Å². The quantitative estimate of drug-likeness (QED) is 0.287. The van der Waals surface area contributed by atoms with Crippen molar-refractivity contribution in [3.8, 4) is 17.2 Å². The minimum Gasteiger partial charge on any atom is -0.507 e. The lowest BCUT2D eigenvalue weighted by molar-refractivity contribution is -0.256. The smallest absolute Gasteiger partial charge is 0.202 e. The summed E-state index contributed by atoms with van der Waals surface area (Å²) in [6.45, 7) is 4.16. The van der Waals surface area contributed by atoms with Gasteiger partial charge in [-0.3, -0.25) is 14.5 Å². The van der Waals surface area contributed by atoms with Crippen molar-refractivity contribution in [2.45, 2.75) is 82.4 Å². The van der Waals surface area contributed by atoms with E-state index >= 15 is 0 Å². The monoisotopic (exact) mass is 641 g/mol. The molecule has 46 heavy (non-hydrogen) atoms. The standard InChI is InChI=1S/C33H39NO12/c1-14-30-17(34-8-9-43-32(42-4)31(34)46-30)10-21(44-14)45-19-12-33(2,20(36)13-35)11-16-23(19)29(40)25-24(27(16)38)26(37)15-6-5-7-18(41-3)22(15)28(25)39/h5-7,14,17,19-21,30-32,35-36,38,40H,8-13H2,1-4H3/t14?,17?,19?,20-,21-,30?,31+,32?,33?/m0/s1. The molecule has 13 nitrogen and oxygen atoms in total. The highest BCUT2D eigenvalue weighted by Crippen LogP contribution is 2.55. The Balaban J connectivity index is 1.29. The maximum Gasteiger partial charge on any atom is 0.202 e. The molecule has 3 aliphatic heterocycles. The first kappa shape index (κ1) is 31.5. The van der Waals surface area contributed by atoms with Gasteiger partial charge in [-0.2, -0.15) is 0 Å². The first-order chi connectivity index (χ1) is 22.0. The molecule has 4 N–H and O–H groups in total. The topological polar surface area (TPSA) is 174 Å². The van der Waals surface area contributed by atoms with Crippen LogP contribution in [-0.4, -0.2) is 114 Å². The highest BCUT2D eigenvalue weighted by molar-refractivity contribution is 6.31. The van der Waals surface area contributed by atoms with Gasteiger partial charge in [0.25, 0.3) is 0 Å². The third-order valence-electron chi connectivity index (χ3n) is 10.4. The molecule has 7 rings (SSSR count). The van der Waals surface area contributed by atoms with Gasteiger partial charge in [0.2, 0.25) is 5.78 Å². The molecule has 3 saturated heterocycles. The fourth-order valence-corrected chi connectivity index (χ4v) is 8.03. The number of hydrogen-bond donors (Lipinski definition) is 4. The van der Waals surface area contributed by atoms with Gasteiger partial charge in [0.05, 0.1) is 55.3 Å². The zero-order valence-electron chi connectivity index (χ0n) is 26.1.